The summed E-state index contributed by atoms with van der Waals surface area (Å²) < 4.78 is 13.1. The summed E-state index contributed by atoms with van der Waals surface area (Å²) in [6.45, 7) is -0.467. The molecule has 0 radical (unpaired) electrons. The zero-order chi connectivity index (χ0) is 17.5. The number of halogens is 1. The smallest absolute Gasteiger partial charge is 0.322 e. The maximum Gasteiger partial charge on any atom is 0.322 e. The van der Waals surface area contributed by atoms with Crippen LogP contribution in [-0.2, 0) is 16.0 Å². The fourth-order valence-electron chi connectivity index (χ4n) is 2.00. The Hall–Kier alpha value is -3.22. The van der Waals surface area contributed by atoms with Gasteiger partial charge in [-0.1, -0.05) is 12.1 Å². The highest BCUT2D eigenvalue weighted by molar-refractivity contribution is 5.97. The van der Waals surface area contributed by atoms with E-state index in [1.807, 2.05) is 0 Å². The molecule has 0 unspecified atom stereocenters. The molecule has 0 spiro atoms. The van der Waals surface area contributed by atoms with E-state index < -0.39 is 24.2 Å². The number of hydrogen-bond donors (Lipinski definition) is 3. The molecule has 0 fully saturated rings. The summed E-state index contributed by atoms with van der Waals surface area (Å²) in [4.78, 5) is 34.0. The molecular formula is C17H15FN2O4. The predicted octanol–water partition coefficient (Wildman–Crippen LogP) is 1.82. The highest BCUT2D eigenvalue weighted by atomic mass is 19.1. The lowest BCUT2D eigenvalue weighted by molar-refractivity contribution is -0.135. The average molecular weight is 330 g/mol. The van der Waals surface area contributed by atoms with Crippen LogP contribution in [0.5, 0.6) is 0 Å². The Bertz CT molecular complexity index is 759. The fourth-order valence-corrected chi connectivity index (χ4v) is 2.00. The largest absolute Gasteiger partial charge is 0.480 e. The Balaban J connectivity index is 1.92. The van der Waals surface area contributed by atoms with E-state index in [4.69, 9.17) is 5.11 Å². The number of carboxylic acid groups (broad SMARTS) is 1. The molecule has 0 heterocycles. The van der Waals surface area contributed by atoms with Gasteiger partial charge in [-0.2, -0.15) is 0 Å². The van der Waals surface area contributed by atoms with Crippen LogP contribution >= 0.6 is 0 Å². The van der Waals surface area contributed by atoms with Crippen LogP contribution in [0.2, 0.25) is 0 Å². The van der Waals surface area contributed by atoms with E-state index in [9.17, 15) is 18.8 Å². The number of amides is 2. The summed E-state index contributed by atoms with van der Waals surface area (Å²) in [5.74, 6) is -2.37. The Labute approximate surface area is 137 Å². The van der Waals surface area contributed by atoms with Gasteiger partial charge in [-0.25, -0.2) is 4.39 Å². The van der Waals surface area contributed by atoms with Gasteiger partial charge in [0.05, 0.1) is 6.42 Å². The van der Waals surface area contributed by atoms with Crippen LogP contribution in [0.25, 0.3) is 0 Å². The van der Waals surface area contributed by atoms with E-state index >= 15 is 0 Å². The van der Waals surface area contributed by atoms with Crippen LogP contribution in [0, 0.1) is 5.82 Å². The highest BCUT2D eigenvalue weighted by Gasteiger charge is 2.08. The number of carbonyl (C=O) groups is 3. The SMILES string of the molecule is O=C(O)CNC(=O)c1ccc(NC(=O)Cc2cccc(F)c2)cc1. The average Bonchev–Trinajstić information content (AvgIpc) is 2.53. The van der Waals surface area contributed by atoms with Crippen molar-refractivity contribution < 1.29 is 23.9 Å². The molecule has 6 nitrogen and oxygen atoms in total. The molecular weight excluding hydrogens is 315 g/mol. The molecule has 0 atom stereocenters. The molecule has 0 aliphatic rings. The van der Waals surface area contributed by atoms with Crippen LogP contribution < -0.4 is 10.6 Å². The highest BCUT2D eigenvalue weighted by Crippen LogP contribution is 2.11. The lowest BCUT2D eigenvalue weighted by Gasteiger charge is -2.07. The molecule has 0 aliphatic carbocycles. The fraction of sp³-hybridized carbons (Fsp3) is 0.118. The van der Waals surface area contributed by atoms with Crippen molar-refractivity contribution in [2.45, 2.75) is 6.42 Å². The third-order valence-corrected chi connectivity index (χ3v) is 3.08. The standard InChI is InChI=1S/C17H15FN2O4/c18-13-3-1-2-11(8-13)9-15(21)20-14-6-4-12(5-7-14)17(24)19-10-16(22)23/h1-8H,9-10H2,(H,19,24)(H,20,21)(H,22,23). The zero-order valence-electron chi connectivity index (χ0n) is 12.6. The third kappa shape index (κ3) is 5.20. The van der Waals surface area contributed by atoms with Gasteiger partial charge in [-0.05, 0) is 42.0 Å². The monoisotopic (exact) mass is 330 g/mol. The van der Waals surface area contributed by atoms with Gasteiger partial charge in [0.15, 0.2) is 0 Å². The van der Waals surface area contributed by atoms with Crippen molar-refractivity contribution in [3.8, 4) is 0 Å². The number of aliphatic carboxylic acids is 1. The quantitative estimate of drug-likeness (QED) is 0.753. The number of hydrogen-bond acceptors (Lipinski definition) is 3. The van der Waals surface area contributed by atoms with Gasteiger partial charge in [-0.15, -0.1) is 0 Å². The van der Waals surface area contributed by atoms with Crippen molar-refractivity contribution in [1.82, 2.24) is 5.32 Å². The topological polar surface area (TPSA) is 95.5 Å². The van der Waals surface area contributed by atoms with Crippen LogP contribution in [0.1, 0.15) is 15.9 Å². The molecule has 2 aromatic rings. The summed E-state index contributed by atoms with van der Waals surface area (Å²) >= 11 is 0. The summed E-state index contributed by atoms with van der Waals surface area (Å²) in [5, 5.41) is 13.4. The number of nitrogens with one attached hydrogen (secondary N) is 2. The van der Waals surface area contributed by atoms with Crippen molar-refractivity contribution in [3.05, 3.63) is 65.5 Å². The summed E-state index contributed by atoms with van der Waals surface area (Å²) in [7, 11) is 0. The summed E-state index contributed by atoms with van der Waals surface area (Å²) in [5.41, 5.74) is 1.31. The first kappa shape index (κ1) is 17.1. The van der Waals surface area contributed by atoms with Crippen molar-refractivity contribution in [3.63, 3.8) is 0 Å². The molecule has 3 N–H and O–H groups in total. The maximum atomic E-state index is 13.1. The Kier molecular flexibility index (Phi) is 5.62. The molecule has 124 valence electrons. The molecule has 24 heavy (non-hydrogen) atoms. The van der Waals surface area contributed by atoms with Crippen LogP contribution in [0.4, 0.5) is 10.1 Å². The third-order valence-electron chi connectivity index (χ3n) is 3.08. The Morgan fingerprint density at radius 1 is 1.04 bits per heavy atom. The summed E-state index contributed by atoms with van der Waals surface area (Å²) in [6.07, 6.45) is 0.0264. The van der Waals surface area contributed by atoms with E-state index in [1.165, 1.54) is 42.5 Å². The number of rotatable bonds is 6. The van der Waals surface area contributed by atoms with Crippen molar-refractivity contribution in [2.75, 3.05) is 11.9 Å². The van der Waals surface area contributed by atoms with E-state index in [2.05, 4.69) is 10.6 Å². The molecule has 0 aliphatic heterocycles. The molecule has 0 saturated heterocycles. The van der Waals surface area contributed by atoms with Gasteiger partial charge in [0.25, 0.3) is 5.91 Å². The second-order valence-electron chi connectivity index (χ2n) is 5.01. The van der Waals surface area contributed by atoms with Gasteiger partial charge in [0.2, 0.25) is 5.91 Å². The predicted molar refractivity (Wildman–Crippen MR) is 85.1 cm³/mol. The molecule has 7 heteroatoms. The van der Waals surface area contributed by atoms with Gasteiger partial charge in [0.1, 0.15) is 12.4 Å². The minimum atomic E-state index is -1.13. The van der Waals surface area contributed by atoms with E-state index in [0.29, 0.717) is 11.3 Å². The Morgan fingerprint density at radius 2 is 1.75 bits per heavy atom. The zero-order valence-corrected chi connectivity index (χ0v) is 12.6. The number of carboxylic acids is 1. The molecule has 2 amide bonds. The van der Waals surface area contributed by atoms with E-state index in [0.717, 1.165) is 0 Å². The van der Waals surface area contributed by atoms with Gasteiger partial charge < -0.3 is 15.7 Å². The van der Waals surface area contributed by atoms with Crippen molar-refractivity contribution in [2.24, 2.45) is 0 Å². The molecule has 2 rings (SSSR count). The van der Waals surface area contributed by atoms with Crippen molar-refractivity contribution in [1.29, 1.82) is 0 Å². The normalized spacial score (nSPS) is 10.0. The summed E-state index contributed by atoms with van der Waals surface area (Å²) in [6, 6.07) is 11.8. The second kappa shape index (κ2) is 7.87. The maximum absolute atomic E-state index is 13.1. The molecule has 0 saturated carbocycles. The van der Waals surface area contributed by atoms with E-state index in [1.54, 1.807) is 6.07 Å². The first-order valence-electron chi connectivity index (χ1n) is 7.08. The van der Waals surface area contributed by atoms with Gasteiger partial charge >= 0.3 is 5.97 Å². The van der Waals surface area contributed by atoms with Crippen molar-refractivity contribution >= 4 is 23.5 Å². The number of anilines is 1. The van der Waals surface area contributed by atoms with Crippen LogP contribution in [0.3, 0.4) is 0 Å². The molecule has 0 bridgehead atoms. The van der Waals surface area contributed by atoms with Gasteiger partial charge in [0, 0.05) is 11.3 Å². The first-order chi connectivity index (χ1) is 11.4. The lowest BCUT2D eigenvalue weighted by Crippen LogP contribution is -2.29. The second-order valence-corrected chi connectivity index (χ2v) is 5.01. The van der Waals surface area contributed by atoms with E-state index in [-0.39, 0.29) is 17.9 Å². The molecule has 0 aromatic heterocycles. The number of benzene rings is 2. The molecule has 2 aromatic carbocycles. The van der Waals surface area contributed by atoms with Crippen LogP contribution in [0.15, 0.2) is 48.5 Å². The minimum Gasteiger partial charge on any atom is -0.480 e. The Morgan fingerprint density at radius 3 is 2.38 bits per heavy atom. The first-order valence-corrected chi connectivity index (χ1v) is 7.08. The van der Waals surface area contributed by atoms with Crippen LogP contribution in [-0.4, -0.2) is 29.4 Å². The lowest BCUT2D eigenvalue weighted by atomic mass is 10.1. The number of carbonyl (C=O) groups excluding carboxylic acids is 2. The minimum absolute atomic E-state index is 0.0264. The van der Waals surface area contributed by atoms with Gasteiger partial charge in [-0.3, -0.25) is 14.4 Å².